The molecule has 1 aromatic rings. The Morgan fingerprint density at radius 1 is 1.37 bits per heavy atom. The third-order valence-corrected chi connectivity index (χ3v) is 3.81. The van der Waals surface area contributed by atoms with Crippen molar-refractivity contribution in [3.63, 3.8) is 0 Å². The van der Waals surface area contributed by atoms with Crippen LogP contribution in [0.2, 0.25) is 0 Å². The molecule has 0 fully saturated rings. The summed E-state index contributed by atoms with van der Waals surface area (Å²) in [5, 5.41) is 3.27. The number of halogens is 1. The Morgan fingerprint density at radius 3 is 2.68 bits per heavy atom. The van der Waals surface area contributed by atoms with Crippen LogP contribution in [0.5, 0.6) is 0 Å². The highest BCUT2D eigenvalue weighted by molar-refractivity contribution is 9.10. The van der Waals surface area contributed by atoms with E-state index in [1.807, 2.05) is 31.2 Å². The number of primary amides is 1. The third-order valence-electron chi connectivity index (χ3n) is 3.32. The zero-order valence-electron chi connectivity index (χ0n) is 11.7. The molecule has 106 valence electrons. The summed E-state index contributed by atoms with van der Waals surface area (Å²) in [5.74, 6) is -0.302. The molecule has 0 spiro atoms. The molecule has 0 aliphatic rings. The van der Waals surface area contributed by atoms with Crippen molar-refractivity contribution in [3.8, 4) is 0 Å². The van der Waals surface area contributed by atoms with Crippen molar-refractivity contribution in [1.82, 2.24) is 0 Å². The van der Waals surface area contributed by atoms with E-state index in [1.165, 1.54) is 12.8 Å². The Labute approximate surface area is 124 Å². The van der Waals surface area contributed by atoms with Crippen molar-refractivity contribution < 1.29 is 4.79 Å². The van der Waals surface area contributed by atoms with E-state index in [0.717, 1.165) is 29.4 Å². The van der Waals surface area contributed by atoms with Crippen molar-refractivity contribution in [2.75, 3.05) is 5.32 Å². The fraction of sp³-hybridized carbons (Fsp3) is 0.533. The number of anilines is 1. The predicted octanol–water partition coefficient (Wildman–Crippen LogP) is 4.08. The lowest BCUT2D eigenvalue weighted by Crippen LogP contribution is -2.47. The number of carbonyl (C=O) groups is 1. The van der Waals surface area contributed by atoms with Gasteiger partial charge in [0, 0.05) is 10.2 Å². The maximum atomic E-state index is 11.7. The van der Waals surface area contributed by atoms with Crippen LogP contribution in [-0.2, 0) is 4.79 Å². The van der Waals surface area contributed by atoms with Crippen LogP contribution >= 0.6 is 15.9 Å². The monoisotopic (exact) mass is 326 g/mol. The summed E-state index contributed by atoms with van der Waals surface area (Å²) in [6.07, 6.45) is 5.29. The molecule has 1 rings (SSSR count). The van der Waals surface area contributed by atoms with E-state index in [2.05, 4.69) is 28.2 Å². The molecular formula is C15H23BrN2O. The lowest BCUT2D eigenvalue weighted by molar-refractivity contribution is -0.122. The zero-order valence-corrected chi connectivity index (χ0v) is 13.3. The molecule has 1 aromatic carbocycles. The van der Waals surface area contributed by atoms with Gasteiger partial charge in [-0.3, -0.25) is 4.79 Å². The summed E-state index contributed by atoms with van der Waals surface area (Å²) < 4.78 is 0.982. The van der Waals surface area contributed by atoms with Crippen LogP contribution in [0.4, 0.5) is 5.69 Å². The lowest BCUT2D eigenvalue weighted by Gasteiger charge is -2.28. The van der Waals surface area contributed by atoms with Crippen LogP contribution in [0.15, 0.2) is 28.7 Å². The number of nitrogens with one attached hydrogen (secondary N) is 1. The predicted molar refractivity (Wildman–Crippen MR) is 84.1 cm³/mol. The first-order valence-electron chi connectivity index (χ1n) is 6.81. The van der Waals surface area contributed by atoms with E-state index < -0.39 is 5.54 Å². The number of carbonyl (C=O) groups excluding carboxylic acids is 1. The van der Waals surface area contributed by atoms with Crippen LogP contribution in [0.3, 0.4) is 0 Å². The van der Waals surface area contributed by atoms with E-state index >= 15 is 0 Å². The Morgan fingerprint density at radius 2 is 2.11 bits per heavy atom. The molecule has 0 heterocycles. The number of amides is 1. The van der Waals surface area contributed by atoms with Crippen LogP contribution in [0, 0.1) is 0 Å². The summed E-state index contributed by atoms with van der Waals surface area (Å²) in [5.41, 5.74) is 5.78. The summed E-state index contributed by atoms with van der Waals surface area (Å²) in [6, 6.07) is 7.78. The van der Waals surface area contributed by atoms with Gasteiger partial charge >= 0.3 is 0 Å². The van der Waals surface area contributed by atoms with Gasteiger partial charge in [-0.1, -0.05) is 54.6 Å². The van der Waals surface area contributed by atoms with Gasteiger partial charge in [-0.05, 0) is 31.5 Å². The molecule has 3 nitrogen and oxygen atoms in total. The Bertz CT molecular complexity index is 422. The van der Waals surface area contributed by atoms with Gasteiger partial charge in [-0.25, -0.2) is 0 Å². The maximum Gasteiger partial charge on any atom is 0.242 e. The summed E-state index contributed by atoms with van der Waals surface area (Å²) in [4.78, 5) is 11.7. The molecule has 0 radical (unpaired) electrons. The molecule has 0 aliphatic carbocycles. The molecule has 19 heavy (non-hydrogen) atoms. The maximum absolute atomic E-state index is 11.7. The Balaban J connectivity index is 2.68. The first kappa shape index (κ1) is 16.0. The highest BCUT2D eigenvalue weighted by Gasteiger charge is 2.30. The van der Waals surface area contributed by atoms with Gasteiger partial charge in [0.1, 0.15) is 5.54 Å². The molecule has 4 heteroatoms. The number of benzene rings is 1. The number of rotatable bonds is 8. The van der Waals surface area contributed by atoms with E-state index in [-0.39, 0.29) is 5.91 Å². The number of hydrogen-bond acceptors (Lipinski definition) is 2. The number of unbranched alkanes of at least 4 members (excludes halogenated alkanes) is 3. The minimum Gasteiger partial charge on any atom is -0.371 e. The van der Waals surface area contributed by atoms with E-state index in [9.17, 15) is 4.79 Å². The molecule has 1 atom stereocenters. The first-order valence-corrected chi connectivity index (χ1v) is 7.61. The third kappa shape index (κ3) is 5.23. The second-order valence-corrected chi connectivity index (χ2v) is 6.06. The van der Waals surface area contributed by atoms with Crippen molar-refractivity contribution >= 4 is 27.5 Å². The second-order valence-electron chi connectivity index (χ2n) is 5.14. The Hall–Kier alpha value is -1.03. The minimum atomic E-state index is -0.686. The summed E-state index contributed by atoms with van der Waals surface area (Å²) in [7, 11) is 0. The Kier molecular flexibility index (Phi) is 6.35. The molecule has 3 N–H and O–H groups in total. The van der Waals surface area contributed by atoms with Gasteiger partial charge in [-0.2, -0.15) is 0 Å². The highest BCUT2D eigenvalue weighted by Crippen LogP contribution is 2.23. The van der Waals surface area contributed by atoms with E-state index in [0.29, 0.717) is 0 Å². The topological polar surface area (TPSA) is 55.1 Å². The first-order chi connectivity index (χ1) is 8.98. The smallest absolute Gasteiger partial charge is 0.242 e. The van der Waals surface area contributed by atoms with Crippen LogP contribution in [0.1, 0.15) is 46.0 Å². The van der Waals surface area contributed by atoms with Gasteiger partial charge in [-0.15, -0.1) is 0 Å². The molecule has 1 amide bonds. The highest BCUT2D eigenvalue weighted by atomic mass is 79.9. The number of hydrogen-bond donors (Lipinski definition) is 2. The number of nitrogens with two attached hydrogens (primary N) is 1. The SMILES string of the molecule is CCCCCCC(C)(Nc1cccc(Br)c1)C(N)=O. The molecule has 0 saturated heterocycles. The largest absolute Gasteiger partial charge is 0.371 e. The molecular weight excluding hydrogens is 304 g/mol. The molecule has 1 unspecified atom stereocenters. The summed E-state index contributed by atoms with van der Waals surface area (Å²) in [6.45, 7) is 4.05. The normalized spacial score (nSPS) is 13.8. The molecule has 0 saturated carbocycles. The van der Waals surface area contributed by atoms with Crippen LogP contribution < -0.4 is 11.1 Å². The molecule has 0 bridgehead atoms. The minimum absolute atomic E-state index is 0.302. The van der Waals surface area contributed by atoms with Crippen molar-refractivity contribution in [2.24, 2.45) is 5.73 Å². The van der Waals surface area contributed by atoms with Gasteiger partial charge in [0.15, 0.2) is 0 Å². The second kappa shape index (κ2) is 7.53. The fourth-order valence-electron chi connectivity index (χ4n) is 2.04. The fourth-order valence-corrected chi connectivity index (χ4v) is 2.44. The van der Waals surface area contributed by atoms with Gasteiger partial charge in [0.2, 0.25) is 5.91 Å². The van der Waals surface area contributed by atoms with Crippen molar-refractivity contribution in [1.29, 1.82) is 0 Å². The van der Waals surface area contributed by atoms with E-state index in [4.69, 9.17) is 5.73 Å². The average Bonchev–Trinajstić information content (AvgIpc) is 2.34. The molecule has 0 aliphatic heterocycles. The van der Waals surface area contributed by atoms with Gasteiger partial charge in [0.05, 0.1) is 0 Å². The van der Waals surface area contributed by atoms with E-state index in [1.54, 1.807) is 0 Å². The average molecular weight is 327 g/mol. The molecule has 0 aromatic heterocycles. The van der Waals surface area contributed by atoms with Gasteiger partial charge in [0.25, 0.3) is 0 Å². The van der Waals surface area contributed by atoms with Crippen LogP contribution in [-0.4, -0.2) is 11.4 Å². The lowest BCUT2D eigenvalue weighted by atomic mass is 9.93. The van der Waals surface area contributed by atoms with Crippen molar-refractivity contribution in [2.45, 2.75) is 51.5 Å². The van der Waals surface area contributed by atoms with Crippen molar-refractivity contribution in [3.05, 3.63) is 28.7 Å². The zero-order chi connectivity index (χ0) is 14.3. The van der Waals surface area contributed by atoms with Gasteiger partial charge < -0.3 is 11.1 Å². The summed E-state index contributed by atoms with van der Waals surface area (Å²) >= 11 is 3.42. The quantitative estimate of drug-likeness (QED) is 0.707. The van der Waals surface area contributed by atoms with Crippen LogP contribution in [0.25, 0.3) is 0 Å². The standard InChI is InChI=1S/C15H23BrN2O/c1-3-4-5-6-10-15(2,14(17)19)18-13-9-7-8-12(16)11-13/h7-9,11,18H,3-6,10H2,1-2H3,(H2,17,19).